The summed E-state index contributed by atoms with van der Waals surface area (Å²) in [5.41, 5.74) is 9.65. The van der Waals surface area contributed by atoms with E-state index in [0.717, 1.165) is 22.4 Å². The van der Waals surface area contributed by atoms with Crippen molar-refractivity contribution in [2.45, 2.75) is 26.3 Å². The molecule has 3 amide bonds. The number of carbonyl (C=O) groups excluding carboxylic acids is 3. The fourth-order valence-electron chi connectivity index (χ4n) is 3.47. The number of primary amides is 1. The third-order valence-corrected chi connectivity index (χ3v) is 5.14. The van der Waals surface area contributed by atoms with Gasteiger partial charge in [0.1, 0.15) is 11.9 Å². The summed E-state index contributed by atoms with van der Waals surface area (Å²) >= 11 is 0. The molecule has 0 aliphatic carbocycles. The van der Waals surface area contributed by atoms with Crippen LogP contribution in [0.3, 0.4) is 0 Å². The van der Waals surface area contributed by atoms with Crippen molar-refractivity contribution >= 4 is 29.2 Å². The molecule has 8 nitrogen and oxygen atoms in total. The van der Waals surface area contributed by atoms with Crippen molar-refractivity contribution in [3.8, 4) is 11.3 Å². The van der Waals surface area contributed by atoms with E-state index in [4.69, 9.17) is 5.73 Å². The summed E-state index contributed by atoms with van der Waals surface area (Å²) in [5.74, 6) is -0.635. The standard InChI is InChI=1S/C22H21N5O3/c1-12-3-5-14(6-4-12)19-13(2)21-25-18(28)11-17(27(21)26-19)22(30)24-16-9-7-15(8-10-16)20(23)29/h3-10,17H,11H2,1-2H3,(H2,23,29)(H,24,30)(H,25,28)/t17-/m0/s1. The number of benzene rings is 2. The van der Waals surface area contributed by atoms with E-state index in [9.17, 15) is 14.4 Å². The van der Waals surface area contributed by atoms with Gasteiger partial charge in [0.05, 0.1) is 12.1 Å². The predicted molar refractivity (Wildman–Crippen MR) is 113 cm³/mol. The van der Waals surface area contributed by atoms with Gasteiger partial charge in [0.15, 0.2) is 0 Å². The zero-order valence-electron chi connectivity index (χ0n) is 16.6. The molecule has 4 rings (SSSR count). The Balaban J connectivity index is 1.65. The third-order valence-electron chi connectivity index (χ3n) is 5.14. The highest BCUT2D eigenvalue weighted by molar-refractivity contribution is 6.02. The van der Waals surface area contributed by atoms with Crippen molar-refractivity contribution in [1.29, 1.82) is 0 Å². The minimum Gasteiger partial charge on any atom is -0.366 e. The van der Waals surface area contributed by atoms with Gasteiger partial charge in [0, 0.05) is 22.4 Å². The number of anilines is 2. The van der Waals surface area contributed by atoms with Crippen LogP contribution in [0.15, 0.2) is 48.5 Å². The summed E-state index contributed by atoms with van der Waals surface area (Å²) in [7, 11) is 0. The molecule has 0 spiro atoms. The van der Waals surface area contributed by atoms with Gasteiger partial charge >= 0.3 is 0 Å². The van der Waals surface area contributed by atoms with Crippen LogP contribution >= 0.6 is 0 Å². The van der Waals surface area contributed by atoms with Gasteiger partial charge in [-0.15, -0.1) is 0 Å². The Hall–Kier alpha value is -3.94. The lowest BCUT2D eigenvalue weighted by atomic mass is 10.1. The number of aromatic nitrogens is 2. The lowest BCUT2D eigenvalue weighted by molar-refractivity contribution is -0.125. The van der Waals surface area contributed by atoms with E-state index < -0.39 is 11.9 Å². The number of aryl methyl sites for hydroxylation is 1. The molecule has 3 aromatic rings. The maximum atomic E-state index is 13.0. The van der Waals surface area contributed by atoms with Crippen LogP contribution in [-0.2, 0) is 9.59 Å². The second kappa shape index (κ2) is 7.47. The van der Waals surface area contributed by atoms with E-state index >= 15 is 0 Å². The Bertz CT molecular complexity index is 1150. The van der Waals surface area contributed by atoms with Crippen molar-refractivity contribution in [3.05, 3.63) is 65.2 Å². The zero-order valence-corrected chi connectivity index (χ0v) is 16.6. The first-order valence-electron chi connectivity index (χ1n) is 9.50. The van der Waals surface area contributed by atoms with Crippen molar-refractivity contribution in [2.24, 2.45) is 5.73 Å². The number of nitrogens with one attached hydrogen (secondary N) is 2. The number of carbonyl (C=O) groups is 3. The maximum absolute atomic E-state index is 13.0. The molecule has 1 atom stereocenters. The number of amides is 3. The topological polar surface area (TPSA) is 119 Å². The number of fused-ring (bicyclic) bond motifs is 1. The van der Waals surface area contributed by atoms with Crippen molar-refractivity contribution in [2.75, 3.05) is 10.6 Å². The number of hydrogen-bond acceptors (Lipinski definition) is 4. The quantitative estimate of drug-likeness (QED) is 0.620. The SMILES string of the molecule is Cc1ccc(-c2nn3c(c2C)NC(=O)C[C@H]3C(=O)Nc2ccc(C(N)=O)cc2)cc1. The van der Waals surface area contributed by atoms with Gasteiger partial charge in [-0.3, -0.25) is 14.4 Å². The lowest BCUT2D eigenvalue weighted by Crippen LogP contribution is -2.35. The summed E-state index contributed by atoms with van der Waals surface area (Å²) < 4.78 is 1.57. The fraction of sp³-hybridized carbons (Fsp3) is 0.182. The molecule has 152 valence electrons. The van der Waals surface area contributed by atoms with Crippen LogP contribution in [0.4, 0.5) is 11.5 Å². The Labute approximate surface area is 173 Å². The molecule has 0 radical (unpaired) electrons. The molecule has 1 aliphatic rings. The largest absolute Gasteiger partial charge is 0.366 e. The summed E-state index contributed by atoms with van der Waals surface area (Å²) in [6.07, 6.45) is -0.0212. The minimum absolute atomic E-state index is 0.0212. The van der Waals surface area contributed by atoms with E-state index in [-0.39, 0.29) is 18.2 Å². The highest BCUT2D eigenvalue weighted by Gasteiger charge is 2.34. The average molecular weight is 403 g/mol. The first-order chi connectivity index (χ1) is 14.3. The number of hydrogen-bond donors (Lipinski definition) is 3. The molecule has 8 heteroatoms. The van der Waals surface area contributed by atoms with E-state index in [0.29, 0.717) is 17.1 Å². The van der Waals surface area contributed by atoms with Crippen molar-refractivity contribution < 1.29 is 14.4 Å². The smallest absolute Gasteiger partial charge is 0.249 e. The van der Waals surface area contributed by atoms with Crippen molar-refractivity contribution in [3.63, 3.8) is 0 Å². The molecule has 0 fully saturated rings. The van der Waals surface area contributed by atoms with Crippen molar-refractivity contribution in [1.82, 2.24) is 9.78 Å². The van der Waals surface area contributed by atoms with E-state index in [1.807, 2.05) is 38.1 Å². The molecular weight excluding hydrogens is 382 g/mol. The Morgan fingerprint density at radius 2 is 1.77 bits per heavy atom. The molecule has 0 bridgehead atoms. The minimum atomic E-state index is -0.789. The molecule has 1 aliphatic heterocycles. The van der Waals surface area contributed by atoms with Gasteiger partial charge in [-0.1, -0.05) is 29.8 Å². The van der Waals surface area contributed by atoms with Crippen LogP contribution in [0, 0.1) is 13.8 Å². The number of nitrogens with two attached hydrogens (primary N) is 1. The normalized spacial score (nSPS) is 15.3. The first-order valence-corrected chi connectivity index (χ1v) is 9.50. The van der Waals surface area contributed by atoms with Gasteiger partial charge in [-0.25, -0.2) is 4.68 Å². The van der Waals surface area contributed by atoms with Crippen LogP contribution in [0.5, 0.6) is 0 Å². The molecule has 30 heavy (non-hydrogen) atoms. The van der Waals surface area contributed by atoms with Gasteiger partial charge in [-0.05, 0) is 38.1 Å². The predicted octanol–water partition coefficient (Wildman–Crippen LogP) is 2.79. The fourth-order valence-corrected chi connectivity index (χ4v) is 3.47. The monoisotopic (exact) mass is 403 g/mol. The van der Waals surface area contributed by atoms with E-state index in [1.165, 1.54) is 12.1 Å². The summed E-state index contributed by atoms with van der Waals surface area (Å²) in [6, 6.07) is 13.4. The van der Waals surface area contributed by atoms with E-state index in [1.54, 1.807) is 16.8 Å². The Morgan fingerprint density at radius 1 is 1.10 bits per heavy atom. The van der Waals surface area contributed by atoms with Gasteiger partial charge in [0.25, 0.3) is 0 Å². The average Bonchev–Trinajstić information content (AvgIpc) is 3.05. The van der Waals surface area contributed by atoms with Crippen LogP contribution < -0.4 is 16.4 Å². The number of rotatable bonds is 4. The zero-order chi connectivity index (χ0) is 21.4. The first kappa shape index (κ1) is 19.4. The summed E-state index contributed by atoms with van der Waals surface area (Å²) in [6.45, 7) is 3.88. The molecule has 0 saturated carbocycles. The van der Waals surface area contributed by atoms with Crippen LogP contribution in [-0.4, -0.2) is 27.5 Å². The van der Waals surface area contributed by atoms with Crippen LogP contribution in [0.25, 0.3) is 11.3 Å². The molecule has 1 aromatic heterocycles. The Kier molecular flexibility index (Phi) is 4.83. The summed E-state index contributed by atoms with van der Waals surface area (Å²) in [4.78, 5) is 36.4. The molecule has 2 heterocycles. The maximum Gasteiger partial charge on any atom is 0.249 e. The van der Waals surface area contributed by atoms with Gasteiger partial charge in [-0.2, -0.15) is 5.10 Å². The second-order valence-electron chi connectivity index (χ2n) is 7.33. The highest BCUT2D eigenvalue weighted by atomic mass is 16.2. The second-order valence-corrected chi connectivity index (χ2v) is 7.33. The lowest BCUT2D eigenvalue weighted by Gasteiger charge is -2.24. The Morgan fingerprint density at radius 3 is 2.40 bits per heavy atom. The molecular formula is C22H21N5O3. The van der Waals surface area contributed by atoms with Crippen LogP contribution in [0.1, 0.15) is 33.9 Å². The van der Waals surface area contributed by atoms with Crippen LogP contribution in [0.2, 0.25) is 0 Å². The molecule has 2 aromatic carbocycles. The van der Waals surface area contributed by atoms with E-state index in [2.05, 4.69) is 15.7 Å². The molecule has 0 saturated heterocycles. The highest BCUT2D eigenvalue weighted by Crippen LogP contribution is 2.34. The van der Waals surface area contributed by atoms with Gasteiger partial charge < -0.3 is 16.4 Å². The number of nitrogens with zero attached hydrogens (tertiary/aromatic N) is 2. The molecule has 4 N–H and O–H groups in total. The summed E-state index contributed by atoms with van der Waals surface area (Å²) in [5, 5.41) is 10.3. The third kappa shape index (κ3) is 3.55. The van der Waals surface area contributed by atoms with Gasteiger partial charge in [0.2, 0.25) is 17.7 Å². The molecule has 0 unspecified atom stereocenters.